The highest BCUT2D eigenvalue weighted by molar-refractivity contribution is 5.98. The van der Waals surface area contributed by atoms with Crippen LogP contribution in [0.3, 0.4) is 0 Å². The molecule has 1 rings (SSSR count). The molecule has 0 aliphatic heterocycles. The van der Waals surface area contributed by atoms with E-state index in [1.807, 2.05) is 58.5 Å². The SMILES string of the molecule is CN(C)C(=NC(=O)Nc1ccccc1)N(C)C. The van der Waals surface area contributed by atoms with E-state index < -0.39 is 0 Å². The third-order valence-corrected chi connectivity index (χ3v) is 2.03. The number of nitrogens with one attached hydrogen (secondary N) is 1. The van der Waals surface area contributed by atoms with Crippen LogP contribution in [0, 0.1) is 0 Å². The lowest BCUT2D eigenvalue weighted by Crippen LogP contribution is -2.36. The summed E-state index contributed by atoms with van der Waals surface area (Å²) in [5.74, 6) is 0.596. The molecule has 0 saturated carbocycles. The Morgan fingerprint density at radius 1 is 1.06 bits per heavy atom. The van der Waals surface area contributed by atoms with Crippen molar-refractivity contribution in [3.05, 3.63) is 30.3 Å². The second-order valence-electron chi connectivity index (χ2n) is 4.00. The predicted molar refractivity (Wildman–Crippen MR) is 70.3 cm³/mol. The molecule has 1 aromatic rings. The van der Waals surface area contributed by atoms with Gasteiger partial charge in [-0.05, 0) is 12.1 Å². The molecule has 0 radical (unpaired) electrons. The molecule has 0 atom stereocenters. The van der Waals surface area contributed by atoms with E-state index in [9.17, 15) is 4.79 Å². The molecule has 17 heavy (non-hydrogen) atoms. The highest BCUT2D eigenvalue weighted by Crippen LogP contribution is 2.05. The normalized spacial score (nSPS) is 9.41. The van der Waals surface area contributed by atoms with Gasteiger partial charge in [-0.25, -0.2) is 4.79 Å². The van der Waals surface area contributed by atoms with E-state index in [1.165, 1.54) is 0 Å². The lowest BCUT2D eigenvalue weighted by Gasteiger charge is -2.22. The zero-order valence-electron chi connectivity index (χ0n) is 10.6. The fraction of sp³-hybridized carbons (Fsp3) is 0.333. The van der Waals surface area contributed by atoms with E-state index in [0.717, 1.165) is 5.69 Å². The largest absolute Gasteiger partial charge is 0.349 e. The van der Waals surface area contributed by atoms with Crippen molar-refractivity contribution in [2.75, 3.05) is 33.5 Å². The summed E-state index contributed by atoms with van der Waals surface area (Å²) in [5.41, 5.74) is 0.734. The molecule has 0 spiro atoms. The summed E-state index contributed by atoms with van der Waals surface area (Å²) in [6, 6.07) is 8.87. The summed E-state index contributed by atoms with van der Waals surface area (Å²) in [7, 11) is 7.37. The quantitative estimate of drug-likeness (QED) is 0.594. The van der Waals surface area contributed by atoms with Gasteiger partial charge in [-0.1, -0.05) is 18.2 Å². The number of aliphatic imine (C=N–C) groups is 1. The summed E-state index contributed by atoms with van der Waals surface area (Å²) in [6.07, 6.45) is 0. The standard InChI is InChI=1S/C12H18N4O/c1-15(2)12(16(3)4)14-11(17)13-10-8-6-5-7-9-10/h5-9H,1-4H3,(H,13,17). The van der Waals surface area contributed by atoms with E-state index in [2.05, 4.69) is 10.3 Å². The van der Waals surface area contributed by atoms with Gasteiger partial charge < -0.3 is 15.1 Å². The summed E-state index contributed by atoms with van der Waals surface area (Å²) in [6.45, 7) is 0. The minimum Gasteiger partial charge on any atom is -0.349 e. The minimum absolute atomic E-state index is 0.381. The molecule has 0 aromatic heterocycles. The number of guanidine groups is 1. The van der Waals surface area contributed by atoms with E-state index in [0.29, 0.717) is 5.96 Å². The van der Waals surface area contributed by atoms with Crippen molar-refractivity contribution in [1.82, 2.24) is 9.80 Å². The van der Waals surface area contributed by atoms with Crippen molar-refractivity contribution in [2.45, 2.75) is 0 Å². The van der Waals surface area contributed by atoms with Gasteiger partial charge >= 0.3 is 6.03 Å². The average Bonchev–Trinajstić information content (AvgIpc) is 2.26. The Kier molecular flexibility index (Phi) is 4.51. The summed E-state index contributed by atoms with van der Waals surface area (Å²) in [4.78, 5) is 19.2. The van der Waals surface area contributed by atoms with Crippen LogP contribution in [-0.4, -0.2) is 50.0 Å². The van der Waals surface area contributed by atoms with Crippen LogP contribution in [0.15, 0.2) is 35.3 Å². The zero-order valence-corrected chi connectivity index (χ0v) is 10.6. The van der Waals surface area contributed by atoms with Gasteiger partial charge in [-0.2, -0.15) is 4.99 Å². The van der Waals surface area contributed by atoms with Gasteiger partial charge in [0.05, 0.1) is 0 Å². The number of hydrogen-bond acceptors (Lipinski definition) is 1. The number of para-hydroxylation sites is 1. The lowest BCUT2D eigenvalue weighted by molar-refractivity contribution is 0.259. The van der Waals surface area contributed by atoms with Crippen molar-refractivity contribution in [3.63, 3.8) is 0 Å². The Bertz CT molecular complexity index is 388. The number of rotatable bonds is 1. The van der Waals surface area contributed by atoms with Crippen LogP contribution < -0.4 is 5.32 Å². The van der Waals surface area contributed by atoms with Gasteiger partial charge in [0.15, 0.2) is 0 Å². The lowest BCUT2D eigenvalue weighted by atomic mass is 10.3. The number of urea groups is 1. The maximum atomic E-state index is 11.7. The molecule has 0 aliphatic carbocycles. The second-order valence-corrected chi connectivity index (χ2v) is 4.00. The molecule has 0 bridgehead atoms. The third-order valence-electron chi connectivity index (χ3n) is 2.03. The van der Waals surface area contributed by atoms with Crippen LogP contribution in [0.25, 0.3) is 0 Å². The second kappa shape index (κ2) is 5.89. The number of nitrogens with zero attached hydrogens (tertiary/aromatic N) is 3. The predicted octanol–water partition coefficient (Wildman–Crippen LogP) is 1.70. The van der Waals surface area contributed by atoms with Gasteiger partial charge in [-0.15, -0.1) is 0 Å². The van der Waals surface area contributed by atoms with Crippen LogP contribution in [-0.2, 0) is 0 Å². The maximum Gasteiger partial charge on any atom is 0.348 e. The summed E-state index contributed by atoms with van der Waals surface area (Å²) < 4.78 is 0. The molecule has 1 aromatic carbocycles. The van der Waals surface area contributed by atoms with E-state index in [1.54, 1.807) is 9.80 Å². The van der Waals surface area contributed by atoms with Crippen LogP contribution >= 0.6 is 0 Å². The van der Waals surface area contributed by atoms with Crippen molar-refractivity contribution in [2.24, 2.45) is 4.99 Å². The van der Waals surface area contributed by atoms with E-state index in [4.69, 9.17) is 0 Å². The van der Waals surface area contributed by atoms with Crippen molar-refractivity contribution >= 4 is 17.7 Å². The fourth-order valence-corrected chi connectivity index (χ4v) is 1.36. The van der Waals surface area contributed by atoms with Crippen LogP contribution in [0.1, 0.15) is 0 Å². The smallest absolute Gasteiger partial charge is 0.348 e. The third kappa shape index (κ3) is 4.14. The highest BCUT2D eigenvalue weighted by Gasteiger charge is 2.07. The number of benzene rings is 1. The van der Waals surface area contributed by atoms with Crippen LogP contribution in [0.2, 0.25) is 0 Å². The number of carbonyl (C=O) groups is 1. The maximum absolute atomic E-state index is 11.7. The monoisotopic (exact) mass is 234 g/mol. The summed E-state index contributed by atoms with van der Waals surface area (Å²) in [5, 5.41) is 2.70. The first-order valence-corrected chi connectivity index (χ1v) is 5.30. The molecule has 5 nitrogen and oxygen atoms in total. The van der Waals surface area contributed by atoms with Crippen molar-refractivity contribution in [1.29, 1.82) is 0 Å². The first-order valence-electron chi connectivity index (χ1n) is 5.30. The molecule has 0 saturated heterocycles. The van der Waals surface area contributed by atoms with Gasteiger partial charge in [0, 0.05) is 33.9 Å². The van der Waals surface area contributed by atoms with Gasteiger partial charge in [0.2, 0.25) is 5.96 Å². The molecular weight excluding hydrogens is 216 g/mol. The molecule has 5 heteroatoms. The van der Waals surface area contributed by atoms with Gasteiger partial charge in [0.25, 0.3) is 0 Å². The van der Waals surface area contributed by atoms with E-state index >= 15 is 0 Å². The molecule has 0 aliphatic rings. The van der Waals surface area contributed by atoms with Gasteiger partial charge in [-0.3, -0.25) is 0 Å². The number of carbonyl (C=O) groups excluding carboxylic acids is 1. The minimum atomic E-state index is -0.381. The Labute approximate surface area is 102 Å². The fourth-order valence-electron chi connectivity index (χ4n) is 1.36. The molecule has 92 valence electrons. The molecule has 1 N–H and O–H groups in total. The topological polar surface area (TPSA) is 47.9 Å². The molecule has 0 fully saturated rings. The highest BCUT2D eigenvalue weighted by atomic mass is 16.2. The molecular formula is C12H18N4O. The van der Waals surface area contributed by atoms with Gasteiger partial charge in [0.1, 0.15) is 0 Å². The van der Waals surface area contributed by atoms with Crippen molar-refractivity contribution < 1.29 is 4.79 Å². The summed E-state index contributed by atoms with van der Waals surface area (Å²) >= 11 is 0. The molecule has 0 heterocycles. The number of anilines is 1. The Morgan fingerprint density at radius 3 is 2.06 bits per heavy atom. The number of amides is 2. The first-order chi connectivity index (χ1) is 8.00. The Morgan fingerprint density at radius 2 is 1.59 bits per heavy atom. The molecule has 0 unspecified atom stereocenters. The molecule has 2 amide bonds. The zero-order chi connectivity index (χ0) is 12.8. The average molecular weight is 234 g/mol. The van der Waals surface area contributed by atoms with Crippen LogP contribution in [0.5, 0.6) is 0 Å². The Hall–Kier alpha value is -2.04. The van der Waals surface area contributed by atoms with E-state index in [-0.39, 0.29) is 6.03 Å². The number of hydrogen-bond donors (Lipinski definition) is 1. The Balaban J connectivity index is 2.74. The first kappa shape index (κ1) is 13.0. The van der Waals surface area contributed by atoms with Crippen molar-refractivity contribution in [3.8, 4) is 0 Å². The van der Waals surface area contributed by atoms with Crippen LogP contribution in [0.4, 0.5) is 10.5 Å².